The van der Waals surface area contributed by atoms with Crippen LogP contribution in [0.1, 0.15) is 272 Å². The maximum Gasteiger partial charge on any atom is 0.329 e. The molecule has 18 atom stereocenters. The van der Waals surface area contributed by atoms with E-state index in [2.05, 4.69) is 59.7 Å². The number of hydrogen-bond donors (Lipinski definition) is 12. The molecular weight excluding hydrogens is 1710 g/mol. The van der Waals surface area contributed by atoms with Gasteiger partial charge in [-0.2, -0.15) is 0 Å². The van der Waals surface area contributed by atoms with E-state index < -0.39 is 212 Å². The van der Waals surface area contributed by atoms with Gasteiger partial charge in [-0.15, -0.1) is 6.58 Å². The summed E-state index contributed by atoms with van der Waals surface area (Å²) in [6.45, 7) is 60.3. The van der Waals surface area contributed by atoms with Gasteiger partial charge in [0, 0.05) is 31.6 Å². The number of hydrogen-bond acceptors (Lipinski definition) is 21. The highest BCUT2D eigenvalue weighted by Crippen LogP contribution is 2.67. The third-order valence-corrected chi connectivity index (χ3v) is 27.8. The first-order valence-corrected chi connectivity index (χ1v) is 47.5. The summed E-state index contributed by atoms with van der Waals surface area (Å²) >= 11 is 0. The molecular formula is C97H159N15O21. The number of carbonyl (C=O) groups is 18. The molecule has 0 aromatic rings. The molecule has 36 heteroatoms. The zero-order valence-corrected chi connectivity index (χ0v) is 84.7. The molecule has 3 unspecified atom stereocenters. The zero-order chi connectivity index (χ0) is 101. The number of ketones is 3. The second kappa shape index (κ2) is 41.4. The van der Waals surface area contributed by atoms with Crippen LogP contribution in [0.3, 0.4) is 0 Å². The molecule has 133 heavy (non-hydrogen) atoms. The van der Waals surface area contributed by atoms with E-state index in [9.17, 15) is 86.3 Å². The van der Waals surface area contributed by atoms with Crippen LogP contribution in [0.25, 0.3) is 0 Å². The lowest BCUT2D eigenvalue weighted by molar-refractivity contribution is -0.160. The normalized spacial score (nSPS) is 24.5. The van der Waals surface area contributed by atoms with Gasteiger partial charge in [-0.1, -0.05) is 204 Å². The number of amides is 15. The van der Waals surface area contributed by atoms with Crippen molar-refractivity contribution in [3.05, 3.63) is 12.7 Å². The summed E-state index contributed by atoms with van der Waals surface area (Å²) in [5.74, 6) is -10.3. The Morgan fingerprint density at radius 3 is 0.992 bits per heavy atom. The molecule has 9 fully saturated rings. The summed E-state index contributed by atoms with van der Waals surface area (Å²) in [7, 11) is 0. The number of nitrogens with zero attached hydrogens (tertiary/aromatic N) is 3. The number of nitrogens with one attached hydrogen (secondary N) is 10. The Morgan fingerprint density at radius 2 is 0.714 bits per heavy atom. The second-order valence-electron chi connectivity index (χ2n) is 47.8. The van der Waals surface area contributed by atoms with E-state index in [1.807, 2.05) is 76.2 Å². The molecule has 3 heterocycles. The van der Waals surface area contributed by atoms with Crippen LogP contribution in [0.4, 0.5) is 14.4 Å². The number of ether oxygens (including phenoxy) is 3. The number of primary amides is 2. The van der Waals surface area contributed by atoms with Gasteiger partial charge >= 0.3 is 36.0 Å². The zero-order valence-electron chi connectivity index (χ0n) is 84.7. The Morgan fingerprint density at radius 1 is 0.414 bits per heavy atom. The monoisotopic (exact) mass is 1870 g/mol. The first kappa shape index (κ1) is 110. The number of carbonyl (C=O) groups excluding carboxylic acids is 18. The van der Waals surface area contributed by atoms with E-state index in [-0.39, 0.29) is 93.8 Å². The van der Waals surface area contributed by atoms with Crippen LogP contribution in [0.2, 0.25) is 0 Å². The van der Waals surface area contributed by atoms with Crippen molar-refractivity contribution in [1.29, 1.82) is 0 Å². The van der Waals surface area contributed by atoms with Crippen molar-refractivity contribution in [2.75, 3.05) is 32.8 Å². The van der Waals surface area contributed by atoms with Crippen LogP contribution >= 0.6 is 0 Å². The first-order valence-electron chi connectivity index (χ1n) is 47.5. The van der Waals surface area contributed by atoms with Gasteiger partial charge in [0.2, 0.25) is 52.8 Å². The first-order chi connectivity index (χ1) is 60.7. The van der Waals surface area contributed by atoms with Gasteiger partial charge in [0.15, 0.2) is 0 Å². The van der Waals surface area contributed by atoms with Crippen molar-refractivity contribution in [3.63, 3.8) is 0 Å². The van der Waals surface area contributed by atoms with Gasteiger partial charge < -0.3 is 93.5 Å². The average Bonchev–Trinajstić information content (AvgIpc) is 1.53. The maximum atomic E-state index is 14.2. The number of piperidine rings is 3. The molecule has 9 aliphatic rings. The van der Waals surface area contributed by atoms with Crippen LogP contribution in [0.15, 0.2) is 12.7 Å². The topological polar surface area (TPSA) is 517 Å². The predicted octanol–water partition coefficient (Wildman–Crippen LogP) is 6.88. The van der Waals surface area contributed by atoms with Gasteiger partial charge in [0.1, 0.15) is 65.6 Å². The summed E-state index contributed by atoms with van der Waals surface area (Å²) in [6, 6.07) is -13.9. The molecule has 0 spiro atoms. The Bertz CT molecular complexity index is 4420. The molecule has 0 radical (unpaired) electrons. The van der Waals surface area contributed by atoms with Gasteiger partial charge in [0.05, 0.1) is 24.7 Å². The fourth-order valence-electron chi connectivity index (χ4n) is 18.8. The number of rotatable bonds is 36. The van der Waals surface area contributed by atoms with Gasteiger partial charge in [0.25, 0.3) is 17.7 Å². The lowest BCUT2D eigenvalue weighted by atomic mass is 9.85. The van der Waals surface area contributed by atoms with Crippen LogP contribution in [0.5, 0.6) is 0 Å². The van der Waals surface area contributed by atoms with Crippen LogP contribution in [0, 0.1) is 102 Å². The molecule has 3 aliphatic heterocycles. The minimum Gasteiger partial charge on any atom is -0.464 e. The second-order valence-corrected chi connectivity index (χ2v) is 47.8. The summed E-state index contributed by atoms with van der Waals surface area (Å²) in [5, 5.41) is 27.1. The largest absolute Gasteiger partial charge is 0.464 e. The van der Waals surface area contributed by atoms with Crippen molar-refractivity contribution < 1.29 is 101 Å². The molecule has 0 aromatic carbocycles. The summed E-state index contributed by atoms with van der Waals surface area (Å²) in [4.78, 5) is 241. The summed E-state index contributed by atoms with van der Waals surface area (Å²) in [6.07, 6.45) is 8.55. The fourth-order valence-corrected chi connectivity index (χ4v) is 18.8. The van der Waals surface area contributed by atoms with E-state index in [1.165, 1.54) is 20.8 Å². The van der Waals surface area contributed by atoms with E-state index in [0.717, 1.165) is 38.5 Å². The number of fused-ring (bicyclic) bond motifs is 3. The number of likely N-dealkylation sites (tertiary alicyclic amines) is 3. The highest BCUT2D eigenvalue weighted by Gasteiger charge is 2.73. The third kappa shape index (κ3) is 28.2. The van der Waals surface area contributed by atoms with Gasteiger partial charge in [-0.25, -0.2) is 28.8 Å². The molecule has 6 aliphatic carbocycles. The molecule has 15 amide bonds. The van der Waals surface area contributed by atoms with E-state index in [0.29, 0.717) is 45.5 Å². The highest BCUT2D eigenvalue weighted by molar-refractivity contribution is 6.39. The quantitative estimate of drug-likeness (QED) is 0.0132. The van der Waals surface area contributed by atoms with Gasteiger partial charge in [-0.05, 0) is 171 Å². The number of urea groups is 3. The molecule has 0 aromatic heterocycles. The predicted molar refractivity (Wildman–Crippen MR) is 496 cm³/mol. The van der Waals surface area contributed by atoms with Crippen molar-refractivity contribution in [3.8, 4) is 0 Å². The van der Waals surface area contributed by atoms with E-state index in [4.69, 9.17) is 25.7 Å². The van der Waals surface area contributed by atoms with Gasteiger partial charge in [-0.3, -0.25) is 57.5 Å². The van der Waals surface area contributed by atoms with Crippen LogP contribution in [-0.4, -0.2) is 238 Å². The molecule has 6 saturated carbocycles. The molecule has 0 bridgehead atoms. The maximum absolute atomic E-state index is 14.2. The number of esters is 3. The Kier molecular flexibility index (Phi) is 34.3. The van der Waals surface area contributed by atoms with Crippen LogP contribution < -0.4 is 64.6 Å². The highest BCUT2D eigenvalue weighted by atomic mass is 16.6. The van der Waals surface area contributed by atoms with Crippen molar-refractivity contribution >= 4 is 107 Å². The fraction of sp³-hybridized carbons (Fsp3) is 0.794. The van der Waals surface area contributed by atoms with Crippen molar-refractivity contribution in [1.82, 2.24) is 67.9 Å². The average molecular weight is 1870 g/mol. The third-order valence-electron chi connectivity index (χ3n) is 27.8. The molecule has 14 N–H and O–H groups in total. The number of Topliss-reactive ketones (excluding diaryl/α,β-unsaturated/α-hetero) is 3. The smallest absolute Gasteiger partial charge is 0.329 e. The molecule has 3 saturated heterocycles. The standard InChI is InChI=1S/C33H55N5O7.C32H51N5O7.C32H53N5O7/c1-13-15-20(24(39)27(41)34-16-14-2)35-26(40)23-21-19(33(21,11)12)17-38(23)28(42)25(31(5,6)7)37-30(44)36-22(18(3)4)29(43)45-32(8,9)10;1-16(2)21(28(42)44-15-32(8)11-12-32)35-29(43)36-24(30(3,4)5)27(41)37-14-18-20(31(18,6)7)22(37)26(40)34-19(13-17-9-10-17)23(38)25(33)39;1-29(2,3)22(35-28(43)36-23(30(4,5)6)27(42)44-31(7,8)9)26(41)37-15-17-19(32(17,10)11)20(37)25(40)34-18(14-16-12-13-16)21(38)24(33)39/h14,18-23,25H,2,13,15-17H2,1,3-12H3,(H,34,41)(H,35,40)(H2,36,37,44);16-22,24H,9-15H2,1-8H3,(H2,33,39)(H,34,40)(H2,35,36,43);16-20,22-23H,12-15H2,1-11H3,(H2,33,39)(H,34,40)(H2,35,36,43)/t19-,20?,21-,22-,23-,25+;18-,19?,20-,21-,22-,24+;17-,18?,19-,20-,22+,23+/m000/s1. The van der Waals surface area contributed by atoms with Crippen molar-refractivity contribution in [2.45, 2.75) is 356 Å². The van der Waals surface area contributed by atoms with Crippen molar-refractivity contribution in [2.24, 2.45) is 114 Å². The minimum atomic E-state index is -1.11. The Labute approximate surface area is 786 Å². The number of nitrogens with two attached hydrogens (primary N) is 2. The molecule has 36 nitrogen and oxygen atoms in total. The van der Waals surface area contributed by atoms with E-state index >= 15 is 0 Å². The van der Waals surface area contributed by atoms with Crippen LogP contribution in [-0.2, 0) is 86.1 Å². The summed E-state index contributed by atoms with van der Waals surface area (Å²) < 4.78 is 16.5. The molecule has 748 valence electrons. The lowest BCUT2D eigenvalue weighted by Crippen LogP contribution is -2.63. The SMILES string of the molecule is C=CCNC(=O)C(=O)C(CCC)NC(=O)[C@@H]1[C@@H]2[C@H](CN1C(=O)[C@@H](NC(=O)N[C@H](C(=O)OC(C)(C)C)C(C)C)C(C)(C)C)C2(C)C.CC(C)(C)OC(=O)[C@@H](NC(=O)N[C@H](C(=O)N1C[C@H]2[C@@H]([C@H]1C(=O)NC(CC1CC1)C(=O)C(N)=O)C2(C)C)C(C)(C)C)C(C)(C)C.CC(C)[C@H](NC(=O)N[C@H](C(=O)N1C[C@H]2[C@@H]([C@H]1C(=O)NC(CC1CC1)C(=O)C(N)=O)C2(C)C)C(C)(C)C)C(=O)OCC1(C)CC1. The molecule has 9 rings (SSSR count). The lowest BCUT2D eigenvalue weighted by Gasteiger charge is -2.38. The Hall–Kier alpha value is -9.80. The summed E-state index contributed by atoms with van der Waals surface area (Å²) in [5.41, 5.74) is 5.49. The van der Waals surface area contributed by atoms with E-state index in [1.54, 1.807) is 132 Å². The minimum absolute atomic E-state index is 0.00206. The Balaban J connectivity index is 0.000000272.